The van der Waals surface area contributed by atoms with Gasteiger partial charge in [0.2, 0.25) is 5.91 Å². The SMILES string of the molecule is COc1ccc2c(c1)C(=O)C(Cc1cccc(NC(C)=O)c1)C(C)O2. The molecule has 1 aliphatic heterocycles. The minimum Gasteiger partial charge on any atom is -0.497 e. The molecule has 5 nitrogen and oxygen atoms in total. The zero-order valence-electron chi connectivity index (χ0n) is 14.5. The van der Waals surface area contributed by atoms with Crippen molar-refractivity contribution >= 4 is 17.4 Å². The zero-order chi connectivity index (χ0) is 18.0. The van der Waals surface area contributed by atoms with Crippen LogP contribution in [-0.2, 0) is 11.2 Å². The van der Waals surface area contributed by atoms with Gasteiger partial charge in [-0.3, -0.25) is 9.59 Å². The van der Waals surface area contributed by atoms with Crippen LogP contribution in [0.15, 0.2) is 42.5 Å². The van der Waals surface area contributed by atoms with Crippen LogP contribution in [0.5, 0.6) is 11.5 Å². The van der Waals surface area contributed by atoms with Gasteiger partial charge in [0.05, 0.1) is 18.6 Å². The predicted octanol–water partition coefficient (Wildman–Crippen LogP) is 3.48. The highest BCUT2D eigenvalue weighted by Crippen LogP contribution is 2.35. The van der Waals surface area contributed by atoms with Gasteiger partial charge in [-0.25, -0.2) is 0 Å². The summed E-state index contributed by atoms with van der Waals surface area (Å²) in [6.45, 7) is 3.38. The summed E-state index contributed by atoms with van der Waals surface area (Å²) >= 11 is 0. The van der Waals surface area contributed by atoms with E-state index in [2.05, 4.69) is 5.32 Å². The third-order valence-corrected chi connectivity index (χ3v) is 4.37. The average Bonchev–Trinajstić information content (AvgIpc) is 2.58. The smallest absolute Gasteiger partial charge is 0.221 e. The fourth-order valence-corrected chi connectivity index (χ4v) is 3.12. The summed E-state index contributed by atoms with van der Waals surface area (Å²) in [7, 11) is 1.57. The van der Waals surface area contributed by atoms with Gasteiger partial charge in [0, 0.05) is 12.6 Å². The van der Waals surface area contributed by atoms with E-state index in [0.717, 1.165) is 11.3 Å². The Morgan fingerprint density at radius 1 is 1.24 bits per heavy atom. The molecule has 2 aromatic rings. The Morgan fingerprint density at radius 3 is 2.76 bits per heavy atom. The molecule has 0 radical (unpaired) electrons. The minimum atomic E-state index is -0.285. The number of amides is 1. The average molecular weight is 339 g/mol. The van der Waals surface area contributed by atoms with Crippen LogP contribution in [0.3, 0.4) is 0 Å². The summed E-state index contributed by atoms with van der Waals surface area (Å²) < 4.78 is 11.1. The van der Waals surface area contributed by atoms with Crippen molar-refractivity contribution in [3.8, 4) is 11.5 Å². The largest absolute Gasteiger partial charge is 0.497 e. The molecule has 0 saturated heterocycles. The number of hydrogen-bond acceptors (Lipinski definition) is 4. The number of ether oxygens (including phenoxy) is 2. The van der Waals surface area contributed by atoms with Crippen LogP contribution in [0.2, 0.25) is 0 Å². The number of hydrogen-bond donors (Lipinski definition) is 1. The fraction of sp³-hybridized carbons (Fsp3) is 0.300. The Labute approximate surface area is 147 Å². The molecule has 0 spiro atoms. The number of anilines is 1. The maximum Gasteiger partial charge on any atom is 0.221 e. The van der Waals surface area contributed by atoms with E-state index >= 15 is 0 Å². The lowest BCUT2D eigenvalue weighted by Crippen LogP contribution is -2.37. The molecule has 2 aromatic carbocycles. The van der Waals surface area contributed by atoms with E-state index < -0.39 is 0 Å². The number of rotatable bonds is 4. The van der Waals surface area contributed by atoms with Crippen LogP contribution in [0.25, 0.3) is 0 Å². The van der Waals surface area contributed by atoms with Gasteiger partial charge in [0.25, 0.3) is 0 Å². The van der Waals surface area contributed by atoms with Crippen molar-refractivity contribution in [3.05, 3.63) is 53.6 Å². The van der Waals surface area contributed by atoms with Crippen molar-refractivity contribution < 1.29 is 19.1 Å². The van der Waals surface area contributed by atoms with E-state index in [1.807, 2.05) is 31.2 Å². The molecule has 2 unspecified atom stereocenters. The first-order chi connectivity index (χ1) is 12.0. The second kappa shape index (κ2) is 6.97. The van der Waals surface area contributed by atoms with Crippen LogP contribution in [0.4, 0.5) is 5.69 Å². The molecule has 1 amide bonds. The van der Waals surface area contributed by atoms with Gasteiger partial charge >= 0.3 is 0 Å². The molecular formula is C20H21NO4. The second-order valence-electron chi connectivity index (χ2n) is 6.24. The predicted molar refractivity (Wildman–Crippen MR) is 95.4 cm³/mol. The normalized spacial score (nSPS) is 18.9. The van der Waals surface area contributed by atoms with Crippen LogP contribution in [0.1, 0.15) is 29.8 Å². The number of fused-ring (bicyclic) bond motifs is 1. The summed E-state index contributed by atoms with van der Waals surface area (Å²) in [5.41, 5.74) is 2.26. The van der Waals surface area contributed by atoms with E-state index in [4.69, 9.17) is 9.47 Å². The number of benzene rings is 2. The molecule has 2 atom stereocenters. The number of Topliss-reactive ketones (excluding diaryl/α,β-unsaturated/α-hetero) is 1. The Hall–Kier alpha value is -2.82. The minimum absolute atomic E-state index is 0.0533. The molecule has 0 aliphatic carbocycles. The topological polar surface area (TPSA) is 64.6 Å². The third-order valence-electron chi connectivity index (χ3n) is 4.37. The third kappa shape index (κ3) is 3.65. The number of ketones is 1. The molecule has 0 saturated carbocycles. The summed E-state index contributed by atoms with van der Waals surface area (Å²) in [4.78, 5) is 24.2. The molecule has 25 heavy (non-hydrogen) atoms. The van der Waals surface area contributed by atoms with E-state index in [0.29, 0.717) is 23.5 Å². The lowest BCUT2D eigenvalue weighted by molar-refractivity contribution is -0.114. The van der Waals surface area contributed by atoms with Crippen LogP contribution in [-0.4, -0.2) is 24.9 Å². The van der Waals surface area contributed by atoms with Crippen molar-refractivity contribution in [3.63, 3.8) is 0 Å². The molecular weight excluding hydrogens is 318 g/mol. The van der Waals surface area contributed by atoms with Crippen molar-refractivity contribution in [2.75, 3.05) is 12.4 Å². The molecule has 3 rings (SSSR count). The molecule has 0 aromatic heterocycles. The van der Waals surface area contributed by atoms with E-state index in [1.165, 1.54) is 6.92 Å². The highest BCUT2D eigenvalue weighted by atomic mass is 16.5. The first kappa shape index (κ1) is 17.0. The van der Waals surface area contributed by atoms with Crippen molar-refractivity contribution in [2.24, 2.45) is 5.92 Å². The Morgan fingerprint density at radius 2 is 2.04 bits per heavy atom. The highest BCUT2D eigenvalue weighted by Gasteiger charge is 2.34. The summed E-state index contributed by atoms with van der Waals surface area (Å²) in [6.07, 6.45) is 0.321. The summed E-state index contributed by atoms with van der Waals surface area (Å²) in [5.74, 6) is 0.881. The Bertz CT molecular complexity index is 815. The maximum atomic E-state index is 13.0. The Balaban J connectivity index is 1.85. The van der Waals surface area contributed by atoms with Crippen LogP contribution >= 0.6 is 0 Å². The van der Waals surface area contributed by atoms with Gasteiger partial charge < -0.3 is 14.8 Å². The van der Waals surface area contributed by atoms with Crippen molar-refractivity contribution in [1.82, 2.24) is 0 Å². The van der Waals surface area contributed by atoms with Crippen molar-refractivity contribution in [2.45, 2.75) is 26.4 Å². The van der Waals surface area contributed by atoms with E-state index in [9.17, 15) is 9.59 Å². The molecule has 5 heteroatoms. The number of carbonyl (C=O) groups excluding carboxylic acids is 2. The lowest BCUT2D eigenvalue weighted by atomic mass is 9.85. The van der Waals surface area contributed by atoms with Gasteiger partial charge in [-0.1, -0.05) is 12.1 Å². The van der Waals surface area contributed by atoms with Gasteiger partial charge in [-0.05, 0) is 49.2 Å². The molecule has 1 heterocycles. The van der Waals surface area contributed by atoms with Gasteiger partial charge in [0.15, 0.2) is 5.78 Å². The number of methoxy groups -OCH3 is 1. The monoisotopic (exact) mass is 339 g/mol. The first-order valence-electron chi connectivity index (χ1n) is 8.23. The van der Waals surface area contributed by atoms with E-state index in [-0.39, 0.29) is 23.7 Å². The molecule has 0 fully saturated rings. The van der Waals surface area contributed by atoms with Crippen LogP contribution < -0.4 is 14.8 Å². The Kier molecular flexibility index (Phi) is 4.74. The van der Waals surface area contributed by atoms with E-state index in [1.54, 1.807) is 25.3 Å². The second-order valence-corrected chi connectivity index (χ2v) is 6.24. The molecule has 1 N–H and O–H groups in total. The number of carbonyl (C=O) groups is 2. The molecule has 130 valence electrons. The van der Waals surface area contributed by atoms with Crippen LogP contribution in [0, 0.1) is 5.92 Å². The summed E-state index contributed by atoms with van der Waals surface area (Å²) in [5, 5.41) is 2.76. The van der Waals surface area contributed by atoms with Gasteiger partial charge in [0.1, 0.15) is 17.6 Å². The molecule has 1 aliphatic rings. The molecule has 0 bridgehead atoms. The van der Waals surface area contributed by atoms with Gasteiger partial charge in [-0.2, -0.15) is 0 Å². The first-order valence-corrected chi connectivity index (χ1v) is 8.23. The fourth-order valence-electron chi connectivity index (χ4n) is 3.12. The quantitative estimate of drug-likeness (QED) is 0.926. The maximum absolute atomic E-state index is 13.0. The summed E-state index contributed by atoms with van der Waals surface area (Å²) in [6, 6.07) is 12.8. The zero-order valence-corrected chi connectivity index (χ0v) is 14.5. The standard InChI is InChI=1S/C20H21NO4/c1-12-17(10-14-5-4-6-15(9-14)21-13(2)22)20(23)18-11-16(24-3)7-8-19(18)25-12/h4-9,11-12,17H,10H2,1-3H3,(H,21,22). The lowest BCUT2D eigenvalue weighted by Gasteiger charge is -2.30. The highest BCUT2D eigenvalue weighted by molar-refractivity contribution is 6.02. The number of nitrogens with one attached hydrogen (secondary N) is 1. The van der Waals surface area contributed by atoms with Gasteiger partial charge in [-0.15, -0.1) is 0 Å². The van der Waals surface area contributed by atoms with Crippen molar-refractivity contribution in [1.29, 1.82) is 0 Å².